The summed E-state index contributed by atoms with van der Waals surface area (Å²) in [6, 6.07) is -0.828. The Morgan fingerprint density at radius 2 is 1.54 bits per heavy atom. The van der Waals surface area contributed by atoms with Gasteiger partial charge >= 0.3 is 0 Å². The number of ketones is 2. The van der Waals surface area contributed by atoms with E-state index in [2.05, 4.69) is 0 Å². The van der Waals surface area contributed by atoms with Gasteiger partial charge in [-0.3, -0.25) is 9.59 Å². The molecule has 2 fully saturated rings. The van der Waals surface area contributed by atoms with E-state index in [0.717, 1.165) is 12.8 Å². The van der Waals surface area contributed by atoms with Crippen LogP contribution >= 0.6 is 0 Å². The topological polar surface area (TPSA) is 60.2 Å². The molecule has 2 unspecified atom stereocenters. The molecule has 2 rings (SSSR count). The van der Waals surface area contributed by atoms with Gasteiger partial charge < -0.3 is 5.73 Å². The molecule has 0 spiro atoms. The second-order valence-corrected chi connectivity index (χ2v) is 4.79. The van der Waals surface area contributed by atoms with Crippen molar-refractivity contribution in [2.24, 2.45) is 23.0 Å². The van der Waals surface area contributed by atoms with E-state index in [1.165, 1.54) is 0 Å². The van der Waals surface area contributed by atoms with Gasteiger partial charge in [0.15, 0.2) is 11.6 Å². The summed E-state index contributed by atoms with van der Waals surface area (Å²) >= 11 is 0. The van der Waals surface area contributed by atoms with Crippen LogP contribution in [0.4, 0.5) is 0 Å². The number of nitrogens with two attached hydrogens (primary N) is 1. The van der Waals surface area contributed by atoms with E-state index in [1.54, 1.807) is 0 Å². The van der Waals surface area contributed by atoms with Gasteiger partial charge in [0, 0.05) is 11.8 Å². The molecule has 72 valence electrons. The molecule has 2 N–H and O–H groups in total. The van der Waals surface area contributed by atoms with E-state index >= 15 is 0 Å². The summed E-state index contributed by atoms with van der Waals surface area (Å²) in [5.74, 6) is -0.0390. The second-order valence-electron chi connectivity index (χ2n) is 4.79. The predicted molar refractivity (Wildman–Crippen MR) is 48.0 cm³/mol. The first-order valence-electron chi connectivity index (χ1n) is 4.79. The summed E-state index contributed by atoms with van der Waals surface area (Å²) in [4.78, 5) is 23.3. The minimum Gasteiger partial charge on any atom is -0.315 e. The van der Waals surface area contributed by atoms with Gasteiger partial charge in [-0.2, -0.15) is 0 Å². The van der Waals surface area contributed by atoms with Crippen LogP contribution in [0.2, 0.25) is 0 Å². The molecule has 2 saturated carbocycles. The Balaban J connectivity index is 2.44. The smallest absolute Gasteiger partial charge is 0.160 e. The van der Waals surface area contributed by atoms with Crippen LogP contribution in [0.25, 0.3) is 0 Å². The summed E-state index contributed by atoms with van der Waals surface area (Å²) < 4.78 is 0. The zero-order chi connectivity index (χ0) is 9.80. The quantitative estimate of drug-likeness (QED) is 0.554. The van der Waals surface area contributed by atoms with Crippen LogP contribution in [-0.4, -0.2) is 17.6 Å². The molecule has 2 atom stereocenters. The molecule has 0 amide bonds. The van der Waals surface area contributed by atoms with Crippen molar-refractivity contribution in [1.29, 1.82) is 0 Å². The summed E-state index contributed by atoms with van der Waals surface area (Å²) in [5, 5.41) is 0. The number of Topliss-reactive ketones (excluding diaryl/α,β-unsaturated/α-hetero) is 2. The van der Waals surface area contributed by atoms with Crippen molar-refractivity contribution < 1.29 is 9.59 Å². The van der Waals surface area contributed by atoms with Gasteiger partial charge in [-0.25, -0.2) is 0 Å². The number of fused-ring (bicyclic) bond motifs is 2. The fourth-order valence-electron chi connectivity index (χ4n) is 2.91. The van der Waals surface area contributed by atoms with Crippen LogP contribution in [0.5, 0.6) is 0 Å². The third-order valence-electron chi connectivity index (χ3n) is 3.84. The molecule has 3 nitrogen and oxygen atoms in total. The molecule has 0 radical (unpaired) electrons. The van der Waals surface area contributed by atoms with Crippen molar-refractivity contribution in [2.75, 3.05) is 0 Å². The van der Waals surface area contributed by atoms with Crippen LogP contribution in [0.1, 0.15) is 26.7 Å². The summed E-state index contributed by atoms with van der Waals surface area (Å²) in [7, 11) is 0. The lowest BCUT2D eigenvalue weighted by Gasteiger charge is -2.38. The molecule has 2 aliphatic rings. The Morgan fingerprint density at radius 1 is 1.15 bits per heavy atom. The third-order valence-corrected chi connectivity index (χ3v) is 3.84. The molecule has 0 aromatic rings. The maximum Gasteiger partial charge on any atom is 0.160 e. The zero-order valence-corrected chi connectivity index (χ0v) is 8.04. The largest absolute Gasteiger partial charge is 0.315 e. The number of rotatable bonds is 0. The highest BCUT2D eigenvalue weighted by Crippen LogP contribution is 2.51. The van der Waals surface area contributed by atoms with Gasteiger partial charge in [-0.05, 0) is 18.3 Å². The third kappa shape index (κ3) is 0.937. The SMILES string of the molecule is CC1(C)C2CCC1C(=O)C(N)C2=O. The van der Waals surface area contributed by atoms with E-state index in [9.17, 15) is 9.59 Å². The molecule has 2 bridgehead atoms. The Hall–Kier alpha value is -0.700. The lowest BCUT2D eigenvalue weighted by atomic mass is 9.65. The predicted octanol–water partition coefficient (Wildman–Crippen LogP) is 0.518. The Morgan fingerprint density at radius 3 is 1.92 bits per heavy atom. The van der Waals surface area contributed by atoms with Crippen molar-refractivity contribution in [1.82, 2.24) is 0 Å². The van der Waals surface area contributed by atoms with Gasteiger partial charge in [-0.15, -0.1) is 0 Å². The first kappa shape index (κ1) is 8.88. The Kier molecular flexibility index (Phi) is 1.65. The monoisotopic (exact) mass is 181 g/mol. The Bertz CT molecular complexity index is 257. The lowest BCUT2D eigenvalue weighted by Crippen LogP contribution is -2.54. The van der Waals surface area contributed by atoms with Crippen LogP contribution in [-0.2, 0) is 9.59 Å². The van der Waals surface area contributed by atoms with Crippen molar-refractivity contribution in [3.63, 3.8) is 0 Å². The van der Waals surface area contributed by atoms with Crippen molar-refractivity contribution >= 4 is 11.6 Å². The summed E-state index contributed by atoms with van der Waals surface area (Å²) in [5.41, 5.74) is 5.42. The fraction of sp³-hybridized carbons (Fsp3) is 0.800. The molecule has 2 aliphatic carbocycles. The highest BCUT2D eigenvalue weighted by atomic mass is 16.2. The van der Waals surface area contributed by atoms with Gasteiger partial charge in [0.1, 0.15) is 6.04 Å². The van der Waals surface area contributed by atoms with Crippen molar-refractivity contribution in [3.8, 4) is 0 Å². The lowest BCUT2D eigenvalue weighted by molar-refractivity contribution is -0.141. The summed E-state index contributed by atoms with van der Waals surface area (Å²) in [6.07, 6.45) is 1.69. The van der Waals surface area contributed by atoms with E-state index in [1.807, 2.05) is 13.8 Å². The number of hydrogen-bond donors (Lipinski definition) is 1. The molecule has 0 aromatic carbocycles. The number of carbonyl (C=O) groups excluding carboxylic acids is 2. The van der Waals surface area contributed by atoms with Crippen LogP contribution in [0.15, 0.2) is 0 Å². The van der Waals surface area contributed by atoms with E-state index < -0.39 is 6.04 Å². The maximum atomic E-state index is 11.7. The standard InChI is InChI=1S/C10H15NO2/c1-10(2)5-3-4-6(10)9(13)7(11)8(5)12/h5-7H,3-4,11H2,1-2H3. The Labute approximate surface area is 77.7 Å². The van der Waals surface area contributed by atoms with Gasteiger partial charge in [0.2, 0.25) is 0 Å². The molecule has 0 aliphatic heterocycles. The van der Waals surface area contributed by atoms with Gasteiger partial charge in [0.25, 0.3) is 0 Å². The fourth-order valence-corrected chi connectivity index (χ4v) is 2.91. The average Bonchev–Trinajstić information content (AvgIpc) is 2.30. The molecular formula is C10H15NO2. The maximum absolute atomic E-state index is 11.7. The minimum atomic E-state index is -0.828. The van der Waals surface area contributed by atoms with E-state index in [4.69, 9.17) is 5.73 Å². The van der Waals surface area contributed by atoms with E-state index in [-0.39, 0.29) is 28.8 Å². The molecule has 0 aromatic heterocycles. The van der Waals surface area contributed by atoms with Crippen LogP contribution in [0.3, 0.4) is 0 Å². The average molecular weight is 181 g/mol. The van der Waals surface area contributed by atoms with Crippen LogP contribution < -0.4 is 5.73 Å². The van der Waals surface area contributed by atoms with Crippen molar-refractivity contribution in [3.05, 3.63) is 0 Å². The van der Waals surface area contributed by atoms with E-state index in [0.29, 0.717) is 0 Å². The summed E-state index contributed by atoms with van der Waals surface area (Å²) in [6.45, 7) is 4.02. The molecule has 3 heteroatoms. The molecule has 13 heavy (non-hydrogen) atoms. The minimum absolute atomic E-state index is 0.0187. The van der Waals surface area contributed by atoms with Crippen LogP contribution in [0, 0.1) is 17.3 Å². The molecule has 0 heterocycles. The van der Waals surface area contributed by atoms with Gasteiger partial charge in [-0.1, -0.05) is 13.8 Å². The first-order chi connectivity index (χ1) is 5.96. The number of hydrogen-bond acceptors (Lipinski definition) is 3. The molecular weight excluding hydrogens is 166 g/mol. The normalized spacial score (nSPS) is 42.5. The highest BCUT2D eigenvalue weighted by Gasteiger charge is 2.56. The zero-order valence-electron chi connectivity index (χ0n) is 8.04. The molecule has 0 saturated heterocycles. The highest BCUT2D eigenvalue weighted by molar-refractivity contribution is 6.11. The number of carbonyl (C=O) groups is 2. The first-order valence-corrected chi connectivity index (χ1v) is 4.79. The van der Waals surface area contributed by atoms with Crippen molar-refractivity contribution in [2.45, 2.75) is 32.7 Å². The second kappa shape index (κ2) is 2.41. The van der Waals surface area contributed by atoms with Gasteiger partial charge in [0.05, 0.1) is 0 Å².